The molecule has 0 saturated heterocycles. The average Bonchev–Trinajstić information content (AvgIpc) is 2.85. The van der Waals surface area contributed by atoms with Crippen molar-refractivity contribution in [1.29, 1.82) is 0 Å². The zero-order chi connectivity index (χ0) is 24.1. The van der Waals surface area contributed by atoms with Crippen LogP contribution >= 0.6 is 0 Å². The summed E-state index contributed by atoms with van der Waals surface area (Å²) in [7, 11) is 1.44. The van der Waals surface area contributed by atoms with E-state index in [1.165, 1.54) is 31.6 Å². The molecule has 10 heteroatoms. The number of aromatic nitrogens is 3. The number of methoxy groups -OCH3 is 1. The minimum Gasteiger partial charge on any atom is -0.496 e. The number of ether oxygens (including phenoxy) is 1. The van der Waals surface area contributed by atoms with E-state index in [9.17, 15) is 14.0 Å². The van der Waals surface area contributed by atoms with Gasteiger partial charge in [0.05, 0.1) is 18.6 Å². The molecule has 0 radical (unpaired) electrons. The van der Waals surface area contributed by atoms with Crippen molar-refractivity contribution in [2.75, 3.05) is 12.4 Å². The lowest BCUT2D eigenvalue weighted by Crippen LogP contribution is -2.38. The lowest BCUT2D eigenvalue weighted by atomic mass is 9.86. The quantitative estimate of drug-likeness (QED) is 0.481. The van der Waals surface area contributed by atoms with Crippen molar-refractivity contribution < 1.29 is 23.8 Å². The van der Waals surface area contributed by atoms with Crippen LogP contribution < -0.4 is 15.4 Å². The van der Waals surface area contributed by atoms with Crippen LogP contribution in [0, 0.1) is 11.7 Å². The highest BCUT2D eigenvalue weighted by Gasteiger charge is 2.26. The van der Waals surface area contributed by atoms with Crippen molar-refractivity contribution in [3.8, 4) is 17.1 Å². The zero-order valence-electron chi connectivity index (χ0n) is 18.5. The van der Waals surface area contributed by atoms with Crippen LogP contribution in [-0.2, 0) is 4.79 Å². The monoisotopic (exact) mass is 465 g/mol. The summed E-state index contributed by atoms with van der Waals surface area (Å²) in [4.78, 5) is 36.3. The van der Waals surface area contributed by atoms with Crippen LogP contribution in [0.1, 0.15) is 36.0 Å². The number of nitrogens with one attached hydrogen (secondary N) is 2. The molecule has 176 valence electrons. The van der Waals surface area contributed by atoms with Crippen LogP contribution in [0.3, 0.4) is 0 Å². The van der Waals surface area contributed by atoms with Gasteiger partial charge in [-0.1, -0.05) is 0 Å². The summed E-state index contributed by atoms with van der Waals surface area (Å²) in [6, 6.07) is 10.9. The molecule has 1 aromatic heterocycles. The zero-order valence-corrected chi connectivity index (χ0v) is 18.5. The molecule has 1 saturated carbocycles. The summed E-state index contributed by atoms with van der Waals surface area (Å²) in [5.41, 5.74) is 1.69. The molecule has 2 aromatic carbocycles. The summed E-state index contributed by atoms with van der Waals surface area (Å²) in [6.07, 6.45) is 3.79. The first-order valence-corrected chi connectivity index (χ1v) is 10.9. The molecule has 0 atom stereocenters. The molecule has 1 heterocycles. The van der Waals surface area contributed by atoms with Crippen LogP contribution in [0.2, 0.25) is 0 Å². The number of anilines is 2. The highest BCUT2D eigenvalue weighted by molar-refractivity contribution is 5.94. The number of rotatable bonds is 7. The predicted octanol–water partition coefficient (Wildman–Crippen LogP) is 3.80. The molecule has 4 rings (SSSR count). The van der Waals surface area contributed by atoms with Crippen LogP contribution in [0.5, 0.6) is 5.75 Å². The molecule has 3 aromatic rings. The van der Waals surface area contributed by atoms with Gasteiger partial charge in [-0.05, 0) is 62.1 Å². The molecule has 9 nitrogen and oxygen atoms in total. The maximum Gasteiger partial charge on any atom is 0.306 e. The van der Waals surface area contributed by atoms with E-state index >= 15 is 0 Å². The Kier molecular flexibility index (Phi) is 6.95. The Hall–Kier alpha value is -4.08. The van der Waals surface area contributed by atoms with Gasteiger partial charge in [0, 0.05) is 23.4 Å². The number of halogens is 1. The third-order valence-corrected chi connectivity index (χ3v) is 5.79. The summed E-state index contributed by atoms with van der Waals surface area (Å²) in [5.74, 6) is -0.800. The van der Waals surface area contributed by atoms with Crippen LogP contribution in [0.15, 0.2) is 48.8 Å². The third kappa shape index (κ3) is 5.45. The Morgan fingerprint density at radius 1 is 1.06 bits per heavy atom. The maximum absolute atomic E-state index is 13.5. The minimum atomic E-state index is -0.769. The van der Waals surface area contributed by atoms with Crippen molar-refractivity contribution >= 4 is 23.5 Å². The molecule has 0 unspecified atom stereocenters. The Bertz CT molecular complexity index is 1180. The normalized spacial score (nSPS) is 17.6. The molecule has 1 amide bonds. The summed E-state index contributed by atoms with van der Waals surface area (Å²) >= 11 is 0. The van der Waals surface area contributed by atoms with Gasteiger partial charge in [-0.25, -0.2) is 14.4 Å². The van der Waals surface area contributed by atoms with E-state index in [1.54, 1.807) is 24.3 Å². The van der Waals surface area contributed by atoms with E-state index in [4.69, 9.17) is 9.84 Å². The molecule has 0 aliphatic heterocycles. The fraction of sp³-hybridized carbons (Fsp3) is 0.292. The van der Waals surface area contributed by atoms with Gasteiger partial charge in [0.2, 0.25) is 5.95 Å². The van der Waals surface area contributed by atoms with Crippen LogP contribution in [-0.4, -0.2) is 45.1 Å². The number of hydrogen-bond acceptors (Lipinski definition) is 7. The topological polar surface area (TPSA) is 126 Å². The molecular formula is C24H24FN5O4. The van der Waals surface area contributed by atoms with Gasteiger partial charge < -0.3 is 20.5 Å². The lowest BCUT2D eigenvalue weighted by Gasteiger charge is -2.26. The number of carbonyl (C=O) groups is 2. The highest BCUT2D eigenvalue weighted by Crippen LogP contribution is 2.28. The van der Waals surface area contributed by atoms with Crippen molar-refractivity contribution in [3.05, 3.63) is 60.2 Å². The van der Waals surface area contributed by atoms with Crippen molar-refractivity contribution in [2.24, 2.45) is 5.92 Å². The van der Waals surface area contributed by atoms with E-state index < -0.39 is 11.8 Å². The first-order chi connectivity index (χ1) is 16.4. The number of nitrogens with zero attached hydrogens (tertiary/aromatic N) is 3. The Labute approximate surface area is 195 Å². The van der Waals surface area contributed by atoms with Gasteiger partial charge in [-0.3, -0.25) is 9.59 Å². The van der Waals surface area contributed by atoms with Crippen molar-refractivity contribution in [2.45, 2.75) is 31.7 Å². The smallest absolute Gasteiger partial charge is 0.306 e. The summed E-state index contributed by atoms with van der Waals surface area (Å²) in [5, 5.41) is 15.1. The molecule has 0 spiro atoms. The Morgan fingerprint density at radius 2 is 1.79 bits per heavy atom. The molecular weight excluding hydrogens is 441 g/mol. The molecule has 34 heavy (non-hydrogen) atoms. The fourth-order valence-electron chi connectivity index (χ4n) is 3.92. The van der Waals surface area contributed by atoms with E-state index in [0.717, 1.165) is 0 Å². The van der Waals surface area contributed by atoms with E-state index in [1.807, 2.05) is 0 Å². The van der Waals surface area contributed by atoms with Crippen molar-refractivity contribution in [1.82, 2.24) is 20.3 Å². The Morgan fingerprint density at radius 3 is 2.47 bits per heavy atom. The first-order valence-electron chi connectivity index (χ1n) is 10.9. The number of benzene rings is 2. The van der Waals surface area contributed by atoms with Crippen LogP contribution in [0.25, 0.3) is 11.4 Å². The lowest BCUT2D eigenvalue weighted by molar-refractivity contribution is -0.142. The standard InChI is InChI=1S/C24H24FN5O4/c1-34-20-12-16(25)6-11-19(20)21-26-13-27-24(30-21)29-18-7-2-14(3-8-18)22(31)28-17-9-4-15(5-10-17)23(32)33/h2-3,6-8,11-13,15,17H,4-5,9-10H2,1H3,(H,28,31)(H,32,33)(H,26,27,29,30). The van der Waals surface area contributed by atoms with Gasteiger partial charge >= 0.3 is 5.97 Å². The van der Waals surface area contributed by atoms with Gasteiger partial charge in [0.1, 0.15) is 17.9 Å². The van der Waals surface area contributed by atoms with E-state index in [-0.39, 0.29) is 23.8 Å². The molecule has 1 fully saturated rings. The molecule has 3 N–H and O–H groups in total. The minimum absolute atomic E-state index is 0.0204. The number of carboxylic acid groups (broad SMARTS) is 1. The second-order valence-electron chi connectivity index (χ2n) is 8.04. The average molecular weight is 465 g/mol. The summed E-state index contributed by atoms with van der Waals surface area (Å²) in [6.45, 7) is 0. The first kappa shape index (κ1) is 23.1. The van der Waals surface area contributed by atoms with Crippen molar-refractivity contribution in [3.63, 3.8) is 0 Å². The Balaban J connectivity index is 1.39. The van der Waals surface area contributed by atoms with E-state index in [0.29, 0.717) is 54.1 Å². The molecule has 0 bridgehead atoms. The molecule has 1 aliphatic carbocycles. The number of carbonyl (C=O) groups excluding carboxylic acids is 1. The second kappa shape index (κ2) is 10.2. The summed E-state index contributed by atoms with van der Waals surface area (Å²) < 4.78 is 18.7. The third-order valence-electron chi connectivity index (χ3n) is 5.79. The van der Waals surface area contributed by atoms with E-state index in [2.05, 4.69) is 25.6 Å². The van der Waals surface area contributed by atoms with Gasteiger partial charge in [0.25, 0.3) is 5.91 Å². The van der Waals surface area contributed by atoms with Gasteiger partial charge in [-0.2, -0.15) is 4.98 Å². The number of aliphatic carboxylic acids is 1. The fourth-order valence-corrected chi connectivity index (χ4v) is 3.92. The SMILES string of the molecule is COc1cc(F)ccc1-c1ncnc(Nc2ccc(C(=O)NC3CCC(C(=O)O)CC3)cc2)n1. The number of hydrogen-bond donors (Lipinski definition) is 3. The number of amides is 1. The predicted molar refractivity (Wildman–Crippen MR) is 122 cm³/mol. The molecule has 1 aliphatic rings. The van der Waals surface area contributed by atoms with Crippen LogP contribution in [0.4, 0.5) is 16.0 Å². The van der Waals surface area contributed by atoms with Gasteiger partial charge in [0.15, 0.2) is 5.82 Å². The second-order valence-corrected chi connectivity index (χ2v) is 8.04. The largest absolute Gasteiger partial charge is 0.496 e. The highest BCUT2D eigenvalue weighted by atomic mass is 19.1. The maximum atomic E-state index is 13.5. The number of carboxylic acids is 1. The van der Waals surface area contributed by atoms with Gasteiger partial charge in [-0.15, -0.1) is 0 Å².